The first kappa shape index (κ1) is 33.6. The Hall–Kier alpha value is -3.89. The van der Waals surface area contributed by atoms with E-state index in [-0.39, 0.29) is 0 Å². The van der Waals surface area contributed by atoms with Crippen molar-refractivity contribution in [1.29, 1.82) is 0 Å². The summed E-state index contributed by atoms with van der Waals surface area (Å²) in [6.07, 6.45) is -11.3. The fraction of sp³-hybridized carbons (Fsp3) is 0.407. The summed E-state index contributed by atoms with van der Waals surface area (Å²) < 4.78 is 94.9. The van der Waals surface area contributed by atoms with E-state index in [1.165, 1.54) is 36.4 Å². The van der Waals surface area contributed by atoms with Crippen molar-refractivity contribution in [3.8, 4) is 0 Å². The van der Waals surface area contributed by atoms with Gasteiger partial charge in [-0.2, -0.15) is 0 Å². The van der Waals surface area contributed by atoms with E-state index in [0.29, 0.717) is 0 Å². The van der Waals surface area contributed by atoms with Gasteiger partial charge < -0.3 is 23.7 Å². The first-order chi connectivity index (χ1) is 20.0. The second-order valence-corrected chi connectivity index (χ2v) is 13.9. The van der Waals surface area contributed by atoms with Crippen LogP contribution in [-0.4, -0.2) is 75.8 Å². The number of hydrogen-bond donors (Lipinski definition) is 0. The molecule has 5 atom stereocenters. The van der Waals surface area contributed by atoms with Gasteiger partial charge in [-0.25, -0.2) is 21.2 Å². The summed E-state index contributed by atoms with van der Waals surface area (Å²) in [5.74, 6) is -4.10. The molecule has 2 aromatic carbocycles. The van der Waals surface area contributed by atoms with E-state index in [4.69, 9.17) is 23.7 Å². The van der Waals surface area contributed by atoms with Gasteiger partial charge in [0.05, 0.1) is 9.79 Å². The topological polar surface area (TPSA) is 183 Å². The fourth-order valence-electron chi connectivity index (χ4n) is 4.43. The van der Waals surface area contributed by atoms with Crippen LogP contribution in [0, 0.1) is 0 Å². The normalized spacial score (nSPS) is 22.6. The number of halogens is 1. The summed E-state index contributed by atoms with van der Waals surface area (Å²) in [5.41, 5.74) is 0. The zero-order chi connectivity index (χ0) is 32.2. The lowest BCUT2D eigenvalue weighted by Gasteiger charge is -2.45. The minimum Gasteiger partial charge on any atom is -0.456 e. The number of hydrogen-bond acceptors (Lipinski definition) is 13. The molecule has 0 N–H and O–H groups in total. The van der Waals surface area contributed by atoms with Gasteiger partial charge in [0.2, 0.25) is 32.1 Å². The van der Waals surface area contributed by atoms with Crippen molar-refractivity contribution in [2.75, 3.05) is 0 Å². The predicted molar refractivity (Wildman–Crippen MR) is 143 cm³/mol. The van der Waals surface area contributed by atoms with Crippen LogP contribution in [0.5, 0.6) is 0 Å². The van der Waals surface area contributed by atoms with Crippen LogP contribution in [0.25, 0.3) is 0 Å². The molecule has 1 fully saturated rings. The molecule has 1 aliphatic rings. The van der Waals surface area contributed by atoms with E-state index in [0.717, 1.165) is 52.0 Å². The van der Waals surface area contributed by atoms with Gasteiger partial charge in [0.25, 0.3) is 0 Å². The highest BCUT2D eigenvalue weighted by atomic mass is 32.3. The molecule has 0 spiro atoms. The minimum atomic E-state index is -5.45. The van der Waals surface area contributed by atoms with Gasteiger partial charge in [0.15, 0.2) is 12.2 Å². The first-order valence-corrected chi connectivity index (χ1v) is 15.6. The monoisotopic (exact) mass is 644 g/mol. The summed E-state index contributed by atoms with van der Waals surface area (Å²) in [4.78, 5) is 46.6. The highest BCUT2D eigenvalue weighted by Crippen LogP contribution is 2.44. The second kappa shape index (κ2) is 13.2. The van der Waals surface area contributed by atoms with E-state index in [1.807, 2.05) is 0 Å². The molecule has 13 nitrogen and oxygen atoms in total. The Kier molecular flexibility index (Phi) is 10.3. The Bertz CT molecular complexity index is 1490. The summed E-state index contributed by atoms with van der Waals surface area (Å²) in [6, 6.07) is 11.8. The van der Waals surface area contributed by atoms with Crippen molar-refractivity contribution in [3.63, 3.8) is 0 Å². The van der Waals surface area contributed by atoms with Crippen LogP contribution in [0.15, 0.2) is 70.5 Å². The van der Waals surface area contributed by atoms with Crippen molar-refractivity contribution in [1.82, 2.24) is 0 Å². The summed E-state index contributed by atoms with van der Waals surface area (Å²) in [7, 11) is -10.9. The molecule has 2 aromatic rings. The number of sulfone groups is 2. The Morgan fingerprint density at radius 2 is 1.02 bits per heavy atom. The lowest BCUT2D eigenvalue weighted by atomic mass is 9.96. The van der Waals surface area contributed by atoms with Crippen LogP contribution >= 0.6 is 0 Å². The lowest BCUT2D eigenvalue weighted by molar-refractivity contribution is -0.297. The zero-order valence-corrected chi connectivity index (χ0v) is 25.0. The van der Waals surface area contributed by atoms with Crippen molar-refractivity contribution in [2.45, 2.75) is 78.9 Å². The number of carbonyl (C=O) groups excluding carboxylic acids is 4. The average Bonchev–Trinajstić information content (AvgIpc) is 2.92. The molecule has 0 amide bonds. The van der Waals surface area contributed by atoms with Gasteiger partial charge in [-0.05, 0) is 24.3 Å². The SMILES string of the molecule is CC(=O)O[C@@H]1O[C@H](CC(F)(S(=O)(=O)c2ccccc2)S(=O)(=O)c2ccccc2)[C@@H](OC(C)=O)[C@H](OC(C)=O)[C@H]1OC(C)=O. The number of benzene rings is 2. The minimum absolute atomic E-state index is 0.706. The van der Waals surface area contributed by atoms with Crippen molar-refractivity contribution in [2.24, 2.45) is 0 Å². The molecule has 0 aromatic heterocycles. The molecule has 1 aliphatic heterocycles. The molecule has 0 unspecified atom stereocenters. The first-order valence-electron chi connectivity index (χ1n) is 12.6. The maximum Gasteiger partial charge on any atom is 0.320 e. The van der Waals surface area contributed by atoms with Crippen molar-refractivity contribution in [3.05, 3.63) is 60.7 Å². The van der Waals surface area contributed by atoms with Crippen LogP contribution in [0.1, 0.15) is 34.1 Å². The number of ether oxygens (including phenoxy) is 5. The van der Waals surface area contributed by atoms with Crippen LogP contribution in [0.3, 0.4) is 0 Å². The van der Waals surface area contributed by atoms with Gasteiger partial charge in [-0.3, -0.25) is 19.2 Å². The van der Waals surface area contributed by atoms with Gasteiger partial charge in [-0.1, -0.05) is 36.4 Å². The van der Waals surface area contributed by atoms with Gasteiger partial charge in [-0.15, -0.1) is 0 Å². The standard InChI is InChI=1S/C27H29FO13S2/c1-16(29)37-23-22(41-26(40-19(4)32)25(39-18(3)31)24(23)38-17(2)30)15-27(28,42(33,34)20-11-7-5-8-12-20)43(35,36)21-13-9-6-10-14-21/h5-14,22-26H,15H2,1-4H3/t22-,23-,24+,25-,26-/m1/s1. The molecular weight excluding hydrogens is 615 g/mol. The van der Waals surface area contributed by atoms with Crippen LogP contribution in [0.2, 0.25) is 0 Å². The van der Waals surface area contributed by atoms with Crippen LogP contribution in [0.4, 0.5) is 4.39 Å². The Morgan fingerprint density at radius 3 is 1.42 bits per heavy atom. The number of esters is 4. The maximum absolute atomic E-state index is 17.4. The lowest BCUT2D eigenvalue weighted by Crippen LogP contribution is -2.63. The fourth-order valence-corrected chi connectivity index (χ4v) is 8.67. The number of rotatable bonds is 10. The zero-order valence-electron chi connectivity index (χ0n) is 23.4. The number of carbonyl (C=O) groups is 4. The Morgan fingerprint density at radius 1 is 0.651 bits per heavy atom. The average molecular weight is 645 g/mol. The van der Waals surface area contributed by atoms with Crippen molar-refractivity contribution >= 4 is 43.6 Å². The molecule has 3 rings (SSSR count). The quantitative estimate of drug-likeness (QED) is 0.271. The van der Waals surface area contributed by atoms with E-state index >= 15 is 4.39 Å². The third kappa shape index (κ3) is 7.19. The van der Waals surface area contributed by atoms with Crippen molar-refractivity contribution < 1.29 is 64.1 Å². The molecule has 0 bridgehead atoms. The van der Waals surface area contributed by atoms with Crippen LogP contribution in [-0.2, 0) is 62.5 Å². The maximum atomic E-state index is 17.4. The molecule has 0 aliphatic carbocycles. The summed E-state index contributed by atoms with van der Waals surface area (Å²) in [6.45, 7) is 3.72. The molecule has 1 heterocycles. The van der Waals surface area contributed by atoms with E-state index in [2.05, 4.69) is 0 Å². The molecule has 0 saturated carbocycles. The predicted octanol–water partition coefficient (Wildman–Crippen LogP) is 2.03. The third-order valence-electron chi connectivity index (χ3n) is 6.13. The largest absolute Gasteiger partial charge is 0.456 e. The van der Waals surface area contributed by atoms with E-state index < -0.39 is 94.8 Å². The van der Waals surface area contributed by atoms with Gasteiger partial charge in [0, 0.05) is 34.1 Å². The summed E-state index contributed by atoms with van der Waals surface area (Å²) >= 11 is 0. The Labute approximate surface area is 247 Å². The molecule has 43 heavy (non-hydrogen) atoms. The molecular formula is C27H29FO13S2. The molecule has 1 saturated heterocycles. The highest BCUT2D eigenvalue weighted by molar-refractivity contribution is 8.10. The second-order valence-electron chi connectivity index (χ2n) is 9.37. The molecule has 0 radical (unpaired) electrons. The van der Waals surface area contributed by atoms with E-state index in [1.54, 1.807) is 0 Å². The molecule has 16 heteroatoms. The third-order valence-corrected chi connectivity index (χ3v) is 11.2. The summed E-state index contributed by atoms with van der Waals surface area (Å²) in [5, 5.41) is 0. The van der Waals surface area contributed by atoms with E-state index in [9.17, 15) is 36.0 Å². The number of alkyl halides is 1. The molecule has 234 valence electrons. The van der Waals surface area contributed by atoms with Crippen LogP contribution < -0.4 is 0 Å². The van der Waals surface area contributed by atoms with Gasteiger partial charge >= 0.3 is 28.2 Å². The Balaban J connectivity index is 2.28. The highest BCUT2D eigenvalue weighted by Gasteiger charge is 2.63. The van der Waals surface area contributed by atoms with Gasteiger partial charge in [0.1, 0.15) is 6.10 Å². The smallest absolute Gasteiger partial charge is 0.320 e.